The first-order valence-corrected chi connectivity index (χ1v) is 9.82. The minimum Gasteiger partial charge on any atom is -0.383 e. The molecule has 2 aromatic carbocycles. The number of halogens is 1. The number of nitrogens with one attached hydrogen (secondary N) is 1. The molecule has 0 saturated heterocycles. The highest BCUT2D eigenvalue weighted by Crippen LogP contribution is 2.26. The van der Waals surface area contributed by atoms with Gasteiger partial charge in [-0.25, -0.2) is 12.8 Å². The summed E-state index contributed by atoms with van der Waals surface area (Å²) in [5.41, 5.74) is 0.699. The van der Waals surface area contributed by atoms with Crippen LogP contribution >= 0.6 is 0 Å². The predicted octanol–water partition coefficient (Wildman–Crippen LogP) is 2.48. The topological polar surface area (TPSA) is 75.7 Å². The quantitative estimate of drug-likeness (QED) is 0.746. The number of para-hydroxylation sites is 1. The molecule has 0 fully saturated rings. The number of methoxy groups -OCH3 is 1. The molecular weight excluding hydrogens is 371 g/mol. The fourth-order valence-corrected chi connectivity index (χ4v) is 3.96. The molecule has 0 aromatic heterocycles. The third kappa shape index (κ3) is 5.27. The summed E-state index contributed by atoms with van der Waals surface area (Å²) in [6.07, 6.45) is 0. The standard InChI is InChI=1S/C19H23FN2O4S/c1-14-8-10-16(11-9-14)27(24,25)22(18-7-5-4-6-17(18)20)12-19(23)21-15(2)13-26-3/h4-11,15H,12-13H2,1-3H3,(H,21,23)/t15-/m0/s1. The number of amides is 1. The summed E-state index contributed by atoms with van der Waals surface area (Å²) in [5, 5.41) is 2.64. The molecule has 0 saturated carbocycles. The van der Waals surface area contributed by atoms with E-state index in [1.165, 1.54) is 37.4 Å². The molecule has 1 amide bonds. The Kier molecular flexibility index (Phi) is 6.92. The van der Waals surface area contributed by atoms with E-state index in [4.69, 9.17) is 4.74 Å². The van der Waals surface area contributed by atoms with E-state index in [1.807, 2.05) is 6.92 Å². The predicted molar refractivity (Wildman–Crippen MR) is 102 cm³/mol. The van der Waals surface area contributed by atoms with Gasteiger partial charge in [0, 0.05) is 13.2 Å². The van der Waals surface area contributed by atoms with E-state index in [0.29, 0.717) is 0 Å². The lowest BCUT2D eigenvalue weighted by atomic mass is 10.2. The van der Waals surface area contributed by atoms with Crippen molar-refractivity contribution < 1.29 is 22.3 Å². The van der Waals surface area contributed by atoms with Crippen LogP contribution in [0, 0.1) is 12.7 Å². The first-order valence-electron chi connectivity index (χ1n) is 8.38. The SMILES string of the molecule is COC[C@H](C)NC(=O)CN(c1ccccc1F)S(=O)(=O)c1ccc(C)cc1. The van der Waals surface area contributed by atoms with Gasteiger partial charge in [-0.2, -0.15) is 0 Å². The van der Waals surface area contributed by atoms with Gasteiger partial charge < -0.3 is 10.1 Å². The van der Waals surface area contributed by atoms with Gasteiger partial charge in [0.15, 0.2) is 0 Å². The Balaban J connectivity index is 2.40. The number of benzene rings is 2. The zero-order valence-corrected chi connectivity index (χ0v) is 16.3. The molecule has 2 rings (SSSR count). The summed E-state index contributed by atoms with van der Waals surface area (Å²) in [4.78, 5) is 12.3. The van der Waals surface area contributed by atoms with Gasteiger partial charge in [-0.3, -0.25) is 9.10 Å². The van der Waals surface area contributed by atoms with Crippen molar-refractivity contribution in [2.75, 3.05) is 24.6 Å². The van der Waals surface area contributed by atoms with Crippen molar-refractivity contribution in [2.24, 2.45) is 0 Å². The number of rotatable bonds is 8. The van der Waals surface area contributed by atoms with Gasteiger partial charge in [0.2, 0.25) is 5.91 Å². The zero-order valence-electron chi connectivity index (χ0n) is 15.5. The molecule has 146 valence electrons. The molecule has 0 unspecified atom stereocenters. The van der Waals surface area contributed by atoms with E-state index in [9.17, 15) is 17.6 Å². The Morgan fingerprint density at radius 3 is 2.41 bits per heavy atom. The van der Waals surface area contributed by atoms with Crippen LogP contribution in [0.15, 0.2) is 53.4 Å². The van der Waals surface area contributed by atoms with Crippen molar-refractivity contribution in [3.8, 4) is 0 Å². The van der Waals surface area contributed by atoms with Crippen LogP contribution < -0.4 is 9.62 Å². The van der Waals surface area contributed by atoms with Crippen LogP contribution in [0.4, 0.5) is 10.1 Å². The zero-order chi connectivity index (χ0) is 20.0. The second-order valence-corrected chi connectivity index (χ2v) is 8.06. The molecule has 0 aliphatic carbocycles. The average molecular weight is 394 g/mol. The van der Waals surface area contributed by atoms with Gasteiger partial charge in [-0.05, 0) is 38.1 Å². The van der Waals surface area contributed by atoms with Crippen LogP contribution in [-0.4, -0.2) is 40.6 Å². The minimum absolute atomic E-state index is 0.0194. The molecule has 2 aromatic rings. The van der Waals surface area contributed by atoms with Crippen molar-refractivity contribution in [2.45, 2.75) is 24.8 Å². The van der Waals surface area contributed by atoms with Crippen molar-refractivity contribution in [1.82, 2.24) is 5.32 Å². The Labute approximate surface area is 159 Å². The molecule has 0 aliphatic rings. The maximum absolute atomic E-state index is 14.3. The van der Waals surface area contributed by atoms with Gasteiger partial charge in [-0.1, -0.05) is 29.8 Å². The van der Waals surface area contributed by atoms with Crippen molar-refractivity contribution in [1.29, 1.82) is 0 Å². The Bertz CT molecular complexity index is 885. The highest BCUT2D eigenvalue weighted by molar-refractivity contribution is 7.92. The number of hydrogen-bond donors (Lipinski definition) is 1. The smallest absolute Gasteiger partial charge is 0.264 e. The molecule has 0 heterocycles. The van der Waals surface area contributed by atoms with Crippen LogP contribution in [0.5, 0.6) is 0 Å². The third-order valence-corrected chi connectivity index (χ3v) is 5.62. The largest absolute Gasteiger partial charge is 0.383 e. The number of carbonyl (C=O) groups is 1. The molecule has 0 radical (unpaired) electrons. The van der Waals surface area contributed by atoms with E-state index in [2.05, 4.69) is 5.32 Å². The second-order valence-electron chi connectivity index (χ2n) is 6.20. The molecular formula is C19H23FN2O4S. The fraction of sp³-hybridized carbons (Fsp3) is 0.316. The Morgan fingerprint density at radius 2 is 1.81 bits per heavy atom. The molecule has 0 bridgehead atoms. The number of anilines is 1. The van der Waals surface area contributed by atoms with Crippen molar-refractivity contribution in [3.63, 3.8) is 0 Å². The number of nitrogens with zero attached hydrogens (tertiary/aromatic N) is 1. The molecule has 8 heteroatoms. The maximum atomic E-state index is 14.3. The second kappa shape index (κ2) is 8.96. The fourth-order valence-electron chi connectivity index (χ4n) is 2.53. The number of carbonyl (C=O) groups excluding carboxylic acids is 1. The van der Waals surface area contributed by atoms with Crippen LogP contribution in [0.1, 0.15) is 12.5 Å². The Hall–Kier alpha value is -2.45. The maximum Gasteiger partial charge on any atom is 0.264 e. The highest BCUT2D eigenvalue weighted by atomic mass is 32.2. The molecule has 1 atom stereocenters. The minimum atomic E-state index is -4.14. The van der Waals surface area contributed by atoms with Gasteiger partial charge in [0.1, 0.15) is 12.4 Å². The van der Waals surface area contributed by atoms with Crippen LogP contribution in [-0.2, 0) is 19.6 Å². The number of sulfonamides is 1. The monoisotopic (exact) mass is 394 g/mol. The average Bonchev–Trinajstić information content (AvgIpc) is 2.61. The van der Waals surface area contributed by atoms with Crippen LogP contribution in [0.3, 0.4) is 0 Å². The molecule has 6 nitrogen and oxygen atoms in total. The normalized spacial score (nSPS) is 12.4. The summed E-state index contributed by atoms with van der Waals surface area (Å²) in [7, 11) is -2.64. The first-order chi connectivity index (χ1) is 12.8. The highest BCUT2D eigenvalue weighted by Gasteiger charge is 2.29. The first kappa shape index (κ1) is 20.9. The lowest BCUT2D eigenvalue weighted by molar-refractivity contribution is -0.120. The summed E-state index contributed by atoms with van der Waals surface area (Å²) in [6, 6.07) is 11.3. The third-order valence-electron chi connectivity index (χ3n) is 3.84. The number of hydrogen-bond acceptors (Lipinski definition) is 4. The van der Waals surface area contributed by atoms with Crippen LogP contribution in [0.25, 0.3) is 0 Å². The number of ether oxygens (including phenoxy) is 1. The number of aryl methyl sites for hydroxylation is 1. The van der Waals surface area contributed by atoms with E-state index >= 15 is 0 Å². The van der Waals surface area contributed by atoms with Gasteiger partial charge >= 0.3 is 0 Å². The molecule has 1 N–H and O–H groups in total. The van der Waals surface area contributed by atoms with E-state index in [1.54, 1.807) is 19.1 Å². The summed E-state index contributed by atoms with van der Waals surface area (Å²) in [5.74, 6) is -1.29. The Morgan fingerprint density at radius 1 is 1.19 bits per heavy atom. The van der Waals surface area contributed by atoms with E-state index in [-0.39, 0.29) is 23.2 Å². The molecule has 27 heavy (non-hydrogen) atoms. The molecule has 0 spiro atoms. The van der Waals surface area contributed by atoms with Crippen molar-refractivity contribution in [3.05, 3.63) is 59.9 Å². The van der Waals surface area contributed by atoms with Gasteiger partial charge in [0.05, 0.1) is 17.2 Å². The van der Waals surface area contributed by atoms with Crippen LogP contribution in [0.2, 0.25) is 0 Å². The van der Waals surface area contributed by atoms with Gasteiger partial charge in [0.25, 0.3) is 10.0 Å². The summed E-state index contributed by atoms with van der Waals surface area (Å²) < 4.78 is 46.3. The molecule has 0 aliphatic heterocycles. The summed E-state index contributed by atoms with van der Waals surface area (Å²) in [6.45, 7) is 3.28. The van der Waals surface area contributed by atoms with E-state index < -0.39 is 28.3 Å². The lowest BCUT2D eigenvalue weighted by Crippen LogP contribution is -2.45. The lowest BCUT2D eigenvalue weighted by Gasteiger charge is -2.25. The summed E-state index contributed by atoms with van der Waals surface area (Å²) >= 11 is 0. The van der Waals surface area contributed by atoms with Gasteiger partial charge in [-0.15, -0.1) is 0 Å². The van der Waals surface area contributed by atoms with Crippen molar-refractivity contribution >= 4 is 21.6 Å². The van der Waals surface area contributed by atoms with E-state index in [0.717, 1.165) is 15.9 Å².